The van der Waals surface area contributed by atoms with Gasteiger partial charge in [0.15, 0.2) is 11.6 Å². The van der Waals surface area contributed by atoms with Crippen LogP contribution in [0, 0.1) is 5.82 Å². The fourth-order valence-corrected chi connectivity index (χ4v) is 4.19. The minimum atomic E-state index is -2.18. The van der Waals surface area contributed by atoms with Crippen molar-refractivity contribution in [1.82, 2.24) is 8.75 Å². The molecule has 0 saturated carbocycles. The Kier molecular flexibility index (Phi) is 4.57. The van der Waals surface area contributed by atoms with Crippen molar-refractivity contribution in [2.45, 2.75) is 12.2 Å². The van der Waals surface area contributed by atoms with Gasteiger partial charge < -0.3 is 19.0 Å². The Morgan fingerprint density at radius 1 is 1.16 bits per heavy atom. The van der Waals surface area contributed by atoms with Crippen molar-refractivity contribution in [3.63, 3.8) is 0 Å². The zero-order valence-electron chi connectivity index (χ0n) is 16.2. The van der Waals surface area contributed by atoms with E-state index in [4.69, 9.17) is 13.9 Å². The van der Waals surface area contributed by atoms with Gasteiger partial charge in [-0.25, -0.2) is 9.18 Å². The van der Waals surface area contributed by atoms with Gasteiger partial charge in [0.05, 0.1) is 30.7 Å². The second-order valence-corrected chi connectivity index (χ2v) is 7.49. The number of aliphatic hydroxyl groups is 1. The number of carbonyl (C=O) groups excluding carboxylic acids is 1. The molecule has 3 heterocycles. The summed E-state index contributed by atoms with van der Waals surface area (Å²) in [5.74, 6) is -3.08. The highest BCUT2D eigenvalue weighted by Crippen LogP contribution is 2.45. The SMILES string of the molecule is COc1ccc(C2(O)OC(=O)C(c3ccc4nsnc4c3)=C2Cc2ccco2)cc1F. The number of nitrogens with zero attached hydrogens (tertiary/aromatic N) is 2. The number of cyclic esters (lactones) is 1. The first-order chi connectivity index (χ1) is 15.0. The highest BCUT2D eigenvalue weighted by Gasteiger charge is 2.48. The molecule has 5 rings (SSSR count). The van der Waals surface area contributed by atoms with Crippen molar-refractivity contribution < 1.29 is 28.2 Å². The molecule has 1 N–H and O–H groups in total. The predicted molar refractivity (Wildman–Crippen MR) is 110 cm³/mol. The van der Waals surface area contributed by atoms with Crippen molar-refractivity contribution >= 4 is 34.3 Å². The van der Waals surface area contributed by atoms with Gasteiger partial charge in [-0.05, 0) is 48.0 Å². The van der Waals surface area contributed by atoms with E-state index in [2.05, 4.69) is 8.75 Å². The molecule has 9 heteroatoms. The molecule has 2 aromatic carbocycles. The van der Waals surface area contributed by atoms with Gasteiger partial charge in [0.25, 0.3) is 5.79 Å². The summed E-state index contributed by atoms with van der Waals surface area (Å²) in [7, 11) is 1.34. The molecule has 31 heavy (non-hydrogen) atoms. The molecule has 0 radical (unpaired) electrons. The number of aromatic nitrogens is 2. The zero-order chi connectivity index (χ0) is 21.6. The Hall–Kier alpha value is -3.56. The van der Waals surface area contributed by atoms with Crippen molar-refractivity contribution in [2.75, 3.05) is 7.11 Å². The van der Waals surface area contributed by atoms with Crippen molar-refractivity contribution in [2.24, 2.45) is 0 Å². The lowest BCUT2D eigenvalue weighted by atomic mass is 9.89. The van der Waals surface area contributed by atoms with Crippen molar-refractivity contribution in [3.8, 4) is 5.75 Å². The topological polar surface area (TPSA) is 94.7 Å². The third-order valence-electron chi connectivity index (χ3n) is 5.17. The van der Waals surface area contributed by atoms with Gasteiger partial charge in [0, 0.05) is 17.6 Å². The summed E-state index contributed by atoms with van der Waals surface area (Å²) in [6, 6.07) is 12.5. The molecule has 0 amide bonds. The summed E-state index contributed by atoms with van der Waals surface area (Å²) < 4.78 is 38.6. The summed E-state index contributed by atoms with van der Waals surface area (Å²) in [5.41, 5.74) is 2.29. The van der Waals surface area contributed by atoms with Gasteiger partial charge in [0.1, 0.15) is 16.8 Å². The quantitative estimate of drug-likeness (QED) is 0.473. The number of furan rings is 1. The number of ether oxygens (including phenoxy) is 2. The lowest BCUT2D eigenvalue weighted by molar-refractivity contribution is -0.185. The number of methoxy groups -OCH3 is 1. The Morgan fingerprint density at radius 3 is 2.74 bits per heavy atom. The lowest BCUT2D eigenvalue weighted by Gasteiger charge is -2.25. The van der Waals surface area contributed by atoms with E-state index in [1.165, 1.54) is 25.5 Å². The van der Waals surface area contributed by atoms with Crippen LogP contribution in [0.3, 0.4) is 0 Å². The largest absolute Gasteiger partial charge is 0.494 e. The van der Waals surface area contributed by atoms with Crippen LogP contribution in [0.1, 0.15) is 16.9 Å². The molecule has 1 aliphatic heterocycles. The molecular formula is C22H15FN2O5S. The van der Waals surface area contributed by atoms with Gasteiger partial charge >= 0.3 is 5.97 Å². The maximum Gasteiger partial charge on any atom is 0.342 e. The number of carbonyl (C=O) groups is 1. The molecule has 2 aromatic heterocycles. The Morgan fingerprint density at radius 2 is 2.00 bits per heavy atom. The summed E-state index contributed by atoms with van der Waals surface area (Å²) in [4.78, 5) is 13.0. The first-order valence-corrected chi connectivity index (χ1v) is 10.0. The van der Waals surface area contributed by atoms with E-state index in [9.17, 15) is 14.3 Å². The second kappa shape index (κ2) is 7.29. The maximum absolute atomic E-state index is 14.4. The van der Waals surface area contributed by atoms with Crippen LogP contribution in [0.5, 0.6) is 5.75 Å². The van der Waals surface area contributed by atoms with Crippen LogP contribution in [0.15, 0.2) is 64.8 Å². The normalized spacial score (nSPS) is 18.6. The molecule has 0 aliphatic carbocycles. The van der Waals surface area contributed by atoms with E-state index in [1.807, 2.05) is 0 Å². The minimum Gasteiger partial charge on any atom is -0.494 e. The van der Waals surface area contributed by atoms with E-state index in [0.717, 1.165) is 17.8 Å². The molecule has 1 unspecified atom stereocenters. The van der Waals surface area contributed by atoms with E-state index in [-0.39, 0.29) is 28.9 Å². The van der Waals surface area contributed by atoms with E-state index in [0.29, 0.717) is 22.4 Å². The number of rotatable bonds is 5. The standard InChI is InChI=1S/C22H15FN2O5S/c1-28-19-7-5-13(10-16(19)23)22(27)15(11-14-3-2-8-29-14)20(21(26)30-22)12-4-6-17-18(9-12)25-31-24-17/h2-10,27H,11H2,1H3. The molecule has 0 bridgehead atoms. The smallest absolute Gasteiger partial charge is 0.342 e. The monoisotopic (exact) mass is 438 g/mol. The zero-order valence-corrected chi connectivity index (χ0v) is 17.0. The van der Waals surface area contributed by atoms with Crippen LogP contribution >= 0.6 is 11.7 Å². The highest BCUT2D eigenvalue weighted by atomic mass is 32.1. The Bertz CT molecular complexity index is 1330. The lowest BCUT2D eigenvalue weighted by Crippen LogP contribution is -2.30. The minimum absolute atomic E-state index is 0.00921. The fourth-order valence-electron chi connectivity index (χ4n) is 3.68. The highest BCUT2D eigenvalue weighted by molar-refractivity contribution is 7.00. The Balaban J connectivity index is 1.71. The summed E-state index contributed by atoms with van der Waals surface area (Å²) >= 11 is 1.06. The van der Waals surface area contributed by atoms with Gasteiger partial charge in [-0.15, -0.1) is 0 Å². The second-order valence-electron chi connectivity index (χ2n) is 6.96. The third kappa shape index (κ3) is 3.18. The maximum atomic E-state index is 14.4. The van der Waals surface area contributed by atoms with Gasteiger partial charge in [-0.1, -0.05) is 6.07 Å². The van der Waals surface area contributed by atoms with E-state index < -0.39 is 17.6 Å². The Labute approximate surface area is 179 Å². The summed E-state index contributed by atoms with van der Waals surface area (Å²) in [6.07, 6.45) is 1.57. The molecule has 1 atom stereocenters. The summed E-state index contributed by atoms with van der Waals surface area (Å²) in [5, 5.41) is 11.5. The number of hydrogen-bond acceptors (Lipinski definition) is 8. The molecule has 1 aliphatic rings. The first-order valence-electron chi connectivity index (χ1n) is 9.28. The summed E-state index contributed by atoms with van der Waals surface area (Å²) in [6.45, 7) is 0. The van der Waals surface area contributed by atoms with Crippen LogP contribution in [0.2, 0.25) is 0 Å². The van der Waals surface area contributed by atoms with Crippen molar-refractivity contribution in [1.29, 1.82) is 0 Å². The average Bonchev–Trinajstić information content (AvgIpc) is 3.48. The first kappa shape index (κ1) is 19.4. The number of hydrogen-bond donors (Lipinski definition) is 1. The molecular weight excluding hydrogens is 423 g/mol. The molecule has 0 fully saturated rings. The number of esters is 1. The molecule has 0 saturated heterocycles. The van der Waals surface area contributed by atoms with Crippen molar-refractivity contribution in [3.05, 3.63) is 83.1 Å². The van der Waals surface area contributed by atoms with Crippen LogP contribution in [0.4, 0.5) is 4.39 Å². The number of fused-ring (bicyclic) bond motifs is 1. The molecule has 4 aromatic rings. The van der Waals surface area contributed by atoms with Crippen LogP contribution < -0.4 is 4.74 Å². The van der Waals surface area contributed by atoms with Crippen LogP contribution in [-0.4, -0.2) is 26.9 Å². The van der Waals surface area contributed by atoms with E-state index >= 15 is 0 Å². The molecule has 0 spiro atoms. The van der Waals surface area contributed by atoms with Crippen LogP contribution in [0.25, 0.3) is 16.6 Å². The molecule has 156 valence electrons. The average molecular weight is 438 g/mol. The fraction of sp³-hybridized carbons (Fsp3) is 0.136. The van der Waals surface area contributed by atoms with E-state index in [1.54, 1.807) is 30.3 Å². The number of halogens is 1. The number of benzene rings is 2. The van der Waals surface area contributed by atoms with Crippen LogP contribution in [-0.2, 0) is 21.7 Å². The van der Waals surface area contributed by atoms with Gasteiger partial charge in [0.2, 0.25) is 0 Å². The van der Waals surface area contributed by atoms with Gasteiger partial charge in [-0.3, -0.25) is 0 Å². The third-order valence-corrected chi connectivity index (χ3v) is 5.73. The van der Waals surface area contributed by atoms with Gasteiger partial charge in [-0.2, -0.15) is 8.75 Å². The molecule has 7 nitrogen and oxygen atoms in total. The predicted octanol–water partition coefficient (Wildman–Crippen LogP) is 3.83.